The number of hydrogen-bond donors (Lipinski definition) is 0. The smallest absolute Gasteiger partial charge is 0.387 e. The van der Waals surface area contributed by atoms with E-state index in [4.69, 9.17) is 4.84 Å². The van der Waals surface area contributed by atoms with Crippen molar-refractivity contribution in [1.82, 2.24) is 9.21 Å². The van der Waals surface area contributed by atoms with Gasteiger partial charge in [0.05, 0.1) is 11.1 Å². The fourth-order valence-corrected chi connectivity index (χ4v) is 4.38. The number of sulfonamides is 1. The number of carbonyl (C=O) groups excluding carboxylic acids is 1. The predicted octanol–water partition coefficient (Wildman–Crippen LogP) is 2.17. The molecule has 2 aromatic carbocycles. The molecule has 31 heavy (non-hydrogen) atoms. The second-order valence-corrected chi connectivity index (χ2v) is 8.49. The number of rotatable bonds is 8. The lowest BCUT2D eigenvalue weighted by Crippen LogP contribution is -2.51. The Morgan fingerprint density at radius 3 is 2.29 bits per heavy atom. The number of nitrogens with zero attached hydrogens (tertiary/aromatic N) is 3. The van der Waals surface area contributed by atoms with E-state index in [0.717, 1.165) is 0 Å². The van der Waals surface area contributed by atoms with Crippen molar-refractivity contribution in [2.45, 2.75) is 11.5 Å². The van der Waals surface area contributed by atoms with Gasteiger partial charge in [-0.05, 0) is 42.0 Å². The Labute approximate surface area is 178 Å². The lowest BCUT2D eigenvalue weighted by molar-refractivity contribution is -0.137. The average Bonchev–Trinajstić information content (AvgIpc) is 2.78. The maximum Gasteiger partial charge on any atom is 0.387 e. The van der Waals surface area contributed by atoms with Crippen LogP contribution < -0.4 is 4.74 Å². The summed E-state index contributed by atoms with van der Waals surface area (Å²) in [6.07, 6.45) is 1.34. The first-order valence-electron chi connectivity index (χ1n) is 9.39. The second kappa shape index (κ2) is 10.3. The Balaban J connectivity index is 1.43. The van der Waals surface area contributed by atoms with Crippen LogP contribution in [0.1, 0.15) is 5.56 Å². The third kappa shape index (κ3) is 6.22. The molecule has 0 bridgehead atoms. The van der Waals surface area contributed by atoms with E-state index in [1.807, 2.05) is 0 Å². The van der Waals surface area contributed by atoms with Crippen molar-refractivity contribution in [3.63, 3.8) is 0 Å². The van der Waals surface area contributed by atoms with E-state index >= 15 is 0 Å². The van der Waals surface area contributed by atoms with Crippen LogP contribution in [-0.4, -0.2) is 69.1 Å². The molecular formula is C20H21F2N3O5S. The molecule has 1 heterocycles. The van der Waals surface area contributed by atoms with Gasteiger partial charge in [-0.1, -0.05) is 23.4 Å². The van der Waals surface area contributed by atoms with Crippen LogP contribution in [0.2, 0.25) is 0 Å². The lowest BCUT2D eigenvalue weighted by atomic mass is 10.2. The van der Waals surface area contributed by atoms with Gasteiger partial charge in [-0.25, -0.2) is 8.42 Å². The molecule has 1 saturated heterocycles. The Kier molecular flexibility index (Phi) is 7.53. The van der Waals surface area contributed by atoms with E-state index in [-0.39, 0.29) is 49.3 Å². The Hall–Kier alpha value is -3.05. The molecule has 11 heteroatoms. The van der Waals surface area contributed by atoms with Gasteiger partial charge in [-0.3, -0.25) is 4.79 Å². The molecule has 0 N–H and O–H groups in total. The predicted molar refractivity (Wildman–Crippen MR) is 108 cm³/mol. The van der Waals surface area contributed by atoms with Crippen LogP contribution in [-0.2, 0) is 19.7 Å². The highest BCUT2D eigenvalue weighted by atomic mass is 32.2. The van der Waals surface area contributed by atoms with Gasteiger partial charge in [0.2, 0.25) is 10.0 Å². The van der Waals surface area contributed by atoms with Crippen LogP contribution in [0.3, 0.4) is 0 Å². The molecule has 0 spiro atoms. The Morgan fingerprint density at radius 1 is 1.03 bits per heavy atom. The van der Waals surface area contributed by atoms with Gasteiger partial charge in [0, 0.05) is 26.2 Å². The van der Waals surface area contributed by atoms with E-state index < -0.39 is 16.6 Å². The number of carbonyl (C=O) groups is 1. The van der Waals surface area contributed by atoms with Gasteiger partial charge in [-0.2, -0.15) is 13.1 Å². The monoisotopic (exact) mass is 453 g/mol. The van der Waals surface area contributed by atoms with Gasteiger partial charge >= 0.3 is 6.61 Å². The van der Waals surface area contributed by atoms with Crippen molar-refractivity contribution in [2.75, 3.05) is 32.8 Å². The molecule has 166 valence electrons. The number of halogens is 2. The number of hydrogen-bond acceptors (Lipinski definition) is 6. The molecule has 1 aliphatic heterocycles. The molecule has 1 aliphatic rings. The zero-order chi connectivity index (χ0) is 22.3. The first-order chi connectivity index (χ1) is 14.9. The molecule has 8 nitrogen and oxygen atoms in total. The van der Waals surface area contributed by atoms with E-state index in [1.54, 1.807) is 18.2 Å². The zero-order valence-corrected chi connectivity index (χ0v) is 17.2. The van der Waals surface area contributed by atoms with E-state index in [9.17, 15) is 22.0 Å². The van der Waals surface area contributed by atoms with Gasteiger partial charge in [0.15, 0.2) is 6.61 Å². The molecule has 1 fully saturated rings. The van der Waals surface area contributed by atoms with Crippen molar-refractivity contribution >= 4 is 22.1 Å². The van der Waals surface area contributed by atoms with Crippen molar-refractivity contribution in [3.05, 3.63) is 60.2 Å². The summed E-state index contributed by atoms with van der Waals surface area (Å²) in [5, 5.41) is 3.69. The molecule has 2 aromatic rings. The fourth-order valence-electron chi connectivity index (χ4n) is 2.94. The first kappa shape index (κ1) is 22.6. The van der Waals surface area contributed by atoms with Crippen LogP contribution in [0.5, 0.6) is 5.75 Å². The van der Waals surface area contributed by atoms with Crippen LogP contribution in [0.4, 0.5) is 8.78 Å². The van der Waals surface area contributed by atoms with E-state index in [0.29, 0.717) is 5.56 Å². The maximum atomic E-state index is 12.6. The summed E-state index contributed by atoms with van der Waals surface area (Å²) in [6, 6.07) is 13.9. The van der Waals surface area contributed by atoms with Crippen molar-refractivity contribution in [1.29, 1.82) is 0 Å². The summed E-state index contributed by atoms with van der Waals surface area (Å²) < 4.78 is 55.1. The highest BCUT2D eigenvalue weighted by Crippen LogP contribution is 2.17. The molecule has 0 unspecified atom stereocenters. The van der Waals surface area contributed by atoms with E-state index in [2.05, 4.69) is 9.89 Å². The van der Waals surface area contributed by atoms with Gasteiger partial charge in [0.25, 0.3) is 5.91 Å². The molecule has 0 saturated carbocycles. The third-order valence-corrected chi connectivity index (χ3v) is 6.45. The molecular weight excluding hydrogens is 432 g/mol. The minimum atomic E-state index is -3.58. The number of piperazine rings is 1. The number of benzene rings is 2. The lowest BCUT2D eigenvalue weighted by Gasteiger charge is -2.33. The van der Waals surface area contributed by atoms with Crippen LogP contribution >= 0.6 is 0 Å². The van der Waals surface area contributed by atoms with Crippen molar-refractivity contribution in [3.8, 4) is 5.75 Å². The molecule has 0 aliphatic carbocycles. The molecule has 1 amide bonds. The number of alkyl halides is 2. The summed E-state index contributed by atoms with van der Waals surface area (Å²) in [6.45, 7) is -2.30. The average molecular weight is 453 g/mol. The minimum absolute atomic E-state index is 0.0247. The molecule has 0 atom stereocenters. The van der Waals surface area contributed by atoms with Crippen LogP contribution in [0, 0.1) is 0 Å². The number of amides is 1. The maximum absolute atomic E-state index is 12.6. The third-order valence-electron chi connectivity index (χ3n) is 4.54. The Morgan fingerprint density at radius 2 is 1.68 bits per heavy atom. The van der Waals surface area contributed by atoms with Crippen LogP contribution in [0.25, 0.3) is 0 Å². The zero-order valence-electron chi connectivity index (χ0n) is 16.4. The summed E-state index contributed by atoms with van der Waals surface area (Å²) in [7, 11) is -3.58. The van der Waals surface area contributed by atoms with Crippen molar-refractivity contribution in [2.24, 2.45) is 5.16 Å². The van der Waals surface area contributed by atoms with Gasteiger partial charge < -0.3 is 14.5 Å². The van der Waals surface area contributed by atoms with E-state index in [1.165, 1.54) is 51.8 Å². The largest absolute Gasteiger partial charge is 0.435 e. The fraction of sp³-hybridized carbons (Fsp3) is 0.300. The summed E-state index contributed by atoms with van der Waals surface area (Å²) in [5.74, 6) is -0.286. The van der Waals surface area contributed by atoms with Gasteiger partial charge in [-0.15, -0.1) is 0 Å². The van der Waals surface area contributed by atoms with Crippen LogP contribution in [0.15, 0.2) is 64.6 Å². The Bertz CT molecular complexity index is 993. The highest BCUT2D eigenvalue weighted by Gasteiger charge is 2.30. The topological polar surface area (TPSA) is 88.5 Å². The summed E-state index contributed by atoms with van der Waals surface area (Å²) in [4.78, 5) is 19.0. The normalized spacial score (nSPS) is 15.4. The van der Waals surface area contributed by atoms with Crippen molar-refractivity contribution < 1.29 is 31.6 Å². The molecule has 0 aromatic heterocycles. The first-order valence-corrected chi connectivity index (χ1v) is 10.8. The van der Waals surface area contributed by atoms with Gasteiger partial charge in [0.1, 0.15) is 5.75 Å². The second-order valence-electron chi connectivity index (χ2n) is 6.55. The molecule has 3 rings (SSSR count). The highest BCUT2D eigenvalue weighted by molar-refractivity contribution is 7.89. The quantitative estimate of drug-likeness (QED) is 0.452. The summed E-state index contributed by atoms with van der Waals surface area (Å²) >= 11 is 0. The number of ether oxygens (including phenoxy) is 1. The minimum Gasteiger partial charge on any atom is -0.435 e. The number of oxime groups is 1. The summed E-state index contributed by atoms with van der Waals surface area (Å²) in [5.41, 5.74) is 0.578. The standard InChI is InChI=1S/C20H21F2N3O5S/c21-20(22)30-17-8-6-16(7-9-17)14-23-29-15-19(26)24-10-12-25(13-11-24)31(27,28)18-4-2-1-3-5-18/h1-9,14,20H,10-13,15H2/b23-14+. The SMILES string of the molecule is O=C(CO/N=C/c1ccc(OC(F)F)cc1)N1CCN(S(=O)(=O)c2ccccc2)CC1. The molecule has 0 radical (unpaired) electrons.